The van der Waals surface area contributed by atoms with Gasteiger partial charge in [-0.1, -0.05) is 76.6 Å². The Morgan fingerprint density at radius 2 is 1.56 bits per heavy atom. The molecule has 0 spiro atoms. The number of amides is 1. The van der Waals surface area contributed by atoms with E-state index in [9.17, 15) is 4.79 Å². The van der Waals surface area contributed by atoms with Crippen LogP contribution < -0.4 is 5.32 Å². The van der Waals surface area contributed by atoms with Gasteiger partial charge in [-0.05, 0) is 61.5 Å². The van der Waals surface area contributed by atoms with Crippen molar-refractivity contribution in [3.8, 4) is 0 Å². The summed E-state index contributed by atoms with van der Waals surface area (Å²) in [6.45, 7) is 0. The second-order valence-corrected chi connectivity index (χ2v) is 12.7. The Morgan fingerprint density at radius 3 is 2.12 bits per heavy atom. The minimum absolute atomic E-state index is 0.0599. The second-order valence-electron chi connectivity index (χ2n) is 10.2. The lowest BCUT2D eigenvalue weighted by Crippen LogP contribution is -2.57. The van der Waals surface area contributed by atoms with Crippen molar-refractivity contribution in [2.45, 2.75) is 48.8 Å². The Balaban J connectivity index is 1.27. The summed E-state index contributed by atoms with van der Waals surface area (Å²) in [4.78, 5) is 18.5. The van der Waals surface area contributed by atoms with Crippen molar-refractivity contribution in [3.63, 3.8) is 0 Å². The molecular weight excluding hydrogens is 480 g/mol. The molecule has 1 amide bonds. The van der Waals surface area contributed by atoms with Crippen LogP contribution in [0.1, 0.15) is 61.3 Å². The molecule has 7 rings (SSSR count). The summed E-state index contributed by atoms with van der Waals surface area (Å²) in [7, 11) is 0. The molecule has 4 aliphatic rings. The van der Waals surface area contributed by atoms with Crippen LogP contribution in [-0.2, 0) is 4.79 Å². The zero-order chi connectivity index (χ0) is 21.8. The fourth-order valence-electron chi connectivity index (χ4n) is 6.95. The molecular formula is C27H27BrN2OS. The summed E-state index contributed by atoms with van der Waals surface area (Å²) < 4.78 is 0.175. The lowest BCUT2D eigenvalue weighted by molar-refractivity contribution is -0.138. The van der Waals surface area contributed by atoms with Gasteiger partial charge in [0.05, 0.1) is 17.0 Å². The molecule has 3 nitrogen and oxygen atoms in total. The minimum Gasteiger partial charge on any atom is -0.301 e. The lowest BCUT2D eigenvalue weighted by Gasteiger charge is -2.59. The van der Waals surface area contributed by atoms with Crippen LogP contribution in [0.2, 0.25) is 0 Å². The normalized spacial score (nSPS) is 30.6. The number of benzene rings is 2. The number of rotatable bonds is 5. The molecule has 0 unspecified atom stereocenters. The third kappa shape index (κ3) is 3.63. The molecule has 0 aliphatic heterocycles. The molecule has 1 heterocycles. The Morgan fingerprint density at radius 1 is 0.969 bits per heavy atom. The summed E-state index contributed by atoms with van der Waals surface area (Å²) in [6.07, 6.45) is 6.81. The van der Waals surface area contributed by atoms with Crippen LogP contribution in [0.4, 0.5) is 5.13 Å². The Labute approximate surface area is 201 Å². The smallest absolute Gasteiger partial charge is 0.232 e. The van der Waals surface area contributed by atoms with Crippen LogP contribution >= 0.6 is 27.3 Å². The first kappa shape index (κ1) is 20.6. The van der Waals surface area contributed by atoms with Gasteiger partial charge in [-0.3, -0.25) is 4.79 Å². The average Bonchev–Trinajstić information content (AvgIpc) is 3.21. The summed E-state index contributed by atoms with van der Waals surface area (Å²) >= 11 is 5.57. The van der Waals surface area contributed by atoms with Crippen LogP contribution in [0.3, 0.4) is 0 Å². The van der Waals surface area contributed by atoms with Gasteiger partial charge in [-0.15, -0.1) is 11.3 Å². The molecule has 164 valence electrons. The first-order valence-electron chi connectivity index (χ1n) is 11.6. The molecule has 5 heteroatoms. The zero-order valence-electron chi connectivity index (χ0n) is 18.0. The Kier molecular flexibility index (Phi) is 5.03. The summed E-state index contributed by atoms with van der Waals surface area (Å²) in [5.74, 6) is 1.62. The monoisotopic (exact) mass is 506 g/mol. The number of thiazole rings is 1. The van der Waals surface area contributed by atoms with Crippen molar-refractivity contribution >= 4 is 38.3 Å². The summed E-state index contributed by atoms with van der Waals surface area (Å²) in [5, 5.41) is 6.07. The zero-order valence-corrected chi connectivity index (χ0v) is 20.4. The van der Waals surface area contributed by atoms with Gasteiger partial charge in [0.15, 0.2) is 5.13 Å². The highest BCUT2D eigenvalue weighted by atomic mass is 79.9. The highest BCUT2D eigenvalue weighted by Gasteiger charge is 2.59. The predicted molar refractivity (Wildman–Crippen MR) is 133 cm³/mol. The number of hydrogen-bond donors (Lipinski definition) is 1. The maximum absolute atomic E-state index is 13.6. The van der Waals surface area contributed by atoms with E-state index in [0.717, 1.165) is 30.1 Å². The van der Waals surface area contributed by atoms with E-state index in [4.69, 9.17) is 4.98 Å². The number of nitrogens with zero attached hydrogens (tertiary/aromatic N) is 1. The first-order chi connectivity index (χ1) is 15.5. The van der Waals surface area contributed by atoms with Gasteiger partial charge >= 0.3 is 0 Å². The fourth-order valence-corrected chi connectivity index (χ4v) is 9.13. The third-order valence-electron chi connectivity index (χ3n) is 7.78. The quantitative estimate of drug-likeness (QED) is 0.378. The topological polar surface area (TPSA) is 42.0 Å². The van der Waals surface area contributed by atoms with Gasteiger partial charge in [-0.2, -0.15) is 0 Å². The molecule has 1 N–H and O–H groups in total. The largest absolute Gasteiger partial charge is 0.301 e. The van der Waals surface area contributed by atoms with Gasteiger partial charge in [0.25, 0.3) is 0 Å². The van der Waals surface area contributed by atoms with E-state index in [0.29, 0.717) is 11.8 Å². The van der Waals surface area contributed by atoms with Crippen molar-refractivity contribution in [2.75, 3.05) is 5.32 Å². The molecule has 2 aromatic carbocycles. The van der Waals surface area contributed by atoms with Crippen LogP contribution in [-0.4, -0.2) is 15.2 Å². The molecule has 4 bridgehead atoms. The molecule has 4 saturated carbocycles. The minimum atomic E-state index is -0.225. The van der Waals surface area contributed by atoms with Gasteiger partial charge in [0.1, 0.15) is 0 Å². The van der Waals surface area contributed by atoms with E-state index in [1.807, 2.05) is 12.1 Å². The standard InChI is InChI=1S/C27H27BrN2OS/c28-27-14-18-11-19(15-27)13-26(12-18,17-27)24(31)30-25-29-22(16-32-25)23(20-7-3-1-4-8-20)21-9-5-2-6-10-21/h1-10,16,18-19,23H,11-15,17H2,(H,29,30,31)/t18-,19-,26?,27?/m1/s1. The number of carbonyl (C=O) groups is 1. The van der Waals surface area contributed by atoms with E-state index >= 15 is 0 Å². The number of nitrogens with one attached hydrogen (secondary N) is 1. The van der Waals surface area contributed by atoms with Crippen LogP contribution in [0, 0.1) is 17.3 Å². The molecule has 32 heavy (non-hydrogen) atoms. The van der Waals surface area contributed by atoms with Crippen LogP contribution in [0.15, 0.2) is 66.0 Å². The van der Waals surface area contributed by atoms with E-state index in [-0.39, 0.29) is 21.6 Å². The van der Waals surface area contributed by atoms with Crippen molar-refractivity contribution < 1.29 is 4.79 Å². The summed E-state index contributed by atoms with van der Waals surface area (Å²) in [5.41, 5.74) is 3.19. The Bertz CT molecular complexity index is 1080. The Hall–Kier alpha value is -1.98. The number of carbonyl (C=O) groups excluding carboxylic acids is 1. The maximum atomic E-state index is 13.6. The average molecular weight is 507 g/mol. The van der Waals surface area contributed by atoms with Gasteiger partial charge in [0, 0.05) is 9.70 Å². The number of hydrogen-bond acceptors (Lipinski definition) is 3. The molecule has 0 saturated heterocycles. The molecule has 4 aliphatic carbocycles. The van der Waals surface area contributed by atoms with Crippen molar-refractivity contribution in [1.82, 2.24) is 4.98 Å². The lowest BCUT2D eigenvalue weighted by atomic mass is 9.49. The number of alkyl halides is 1. The van der Waals surface area contributed by atoms with Gasteiger partial charge in [0.2, 0.25) is 5.91 Å². The van der Waals surface area contributed by atoms with Crippen molar-refractivity contribution in [2.24, 2.45) is 17.3 Å². The predicted octanol–water partition coefficient (Wildman–Crippen LogP) is 7.00. The molecule has 3 aromatic rings. The highest BCUT2D eigenvalue weighted by molar-refractivity contribution is 9.10. The molecule has 4 fully saturated rings. The van der Waals surface area contributed by atoms with Gasteiger partial charge < -0.3 is 5.32 Å². The third-order valence-corrected chi connectivity index (χ3v) is 9.48. The number of aromatic nitrogens is 1. The molecule has 0 radical (unpaired) electrons. The van der Waals surface area contributed by atoms with E-state index in [1.165, 1.54) is 30.4 Å². The number of anilines is 1. The SMILES string of the molecule is O=C(Nc1nc(C(c2ccccc2)c2ccccc2)cs1)C12C[C@H]3C[C@@H](CC(Br)(C3)C1)C2. The van der Waals surface area contributed by atoms with E-state index in [2.05, 4.69) is 75.2 Å². The van der Waals surface area contributed by atoms with Crippen molar-refractivity contribution in [3.05, 3.63) is 82.9 Å². The molecule has 1 aromatic heterocycles. The van der Waals surface area contributed by atoms with Crippen LogP contribution in [0.25, 0.3) is 0 Å². The number of halogens is 1. The van der Waals surface area contributed by atoms with E-state index < -0.39 is 0 Å². The highest BCUT2D eigenvalue weighted by Crippen LogP contribution is 2.64. The van der Waals surface area contributed by atoms with Crippen molar-refractivity contribution in [1.29, 1.82) is 0 Å². The van der Waals surface area contributed by atoms with E-state index in [1.54, 1.807) is 11.3 Å². The molecule has 2 atom stereocenters. The van der Waals surface area contributed by atoms with Crippen LogP contribution in [0.5, 0.6) is 0 Å². The fraction of sp³-hybridized carbons (Fsp3) is 0.407. The summed E-state index contributed by atoms with van der Waals surface area (Å²) in [6, 6.07) is 21.0. The first-order valence-corrected chi connectivity index (χ1v) is 13.2. The second kappa shape index (κ2) is 7.81. The maximum Gasteiger partial charge on any atom is 0.232 e. The van der Waals surface area contributed by atoms with Gasteiger partial charge in [-0.25, -0.2) is 4.98 Å².